The first kappa shape index (κ1) is 38.5. The summed E-state index contributed by atoms with van der Waals surface area (Å²) in [5, 5.41) is 39.4. The smallest absolute Gasteiger partial charge is 0.299 e. The number of aliphatic hydroxyl groups excluding tert-OH is 1. The zero-order valence-electron chi connectivity index (χ0n) is 34.3. The number of para-hydroxylation sites is 1. The van der Waals surface area contributed by atoms with Crippen LogP contribution in [0.1, 0.15) is 96.2 Å². The van der Waals surface area contributed by atoms with Gasteiger partial charge in [0, 0.05) is 35.5 Å². The molecule has 0 amide bonds. The summed E-state index contributed by atoms with van der Waals surface area (Å²) in [6, 6.07) is 7.91. The number of nitrogens with two attached hydrogens (primary N) is 1. The van der Waals surface area contributed by atoms with Gasteiger partial charge >= 0.3 is 0 Å². The van der Waals surface area contributed by atoms with Crippen molar-refractivity contribution in [2.75, 3.05) is 34.2 Å². The van der Waals surface area contributed by atoms with E-state index in [-0.39, 0.29) is 11.1 Å². The topological polar surface area (TPSA) is 149 Å². The van der Waals surface area contributed by atoms with Crippen LogP contribution in [0.5, 0.6) is 0 Å². The number of dihydropyridines is 1. The molecule has 0 spiro atoms. The van der Waals surface area contributed by atoms with Crippen molar-refractivity contribution in [3.8, 4) is 0 Å². The van der Waals surface area contributed by atoms with Gasteiger partial charge in [-0.2, -0.15) is 5.10 Å². The SMILES string of the molecule is CC(=C1\CCCN(C2=CC=C(c3cnn(CC45CC6(C)CC(C)(CC(CCC[N+](C)(C)C)(C6)C4)C5)c3C)C(=C(O)O)N2)C1=N)/C(N)=N\c1nc2ccccc2s1. The van der Waals surface area contributed by atoms with Gasteiger partial charge in [0.2, 0.25) is 5.13 Å². The van der Waals surface area contributed by atoms with Crippen molar-refractivity contribution < 1.29 is 14.7 Å². The van der Waals surface area contributed by atoms with Crippen molar-refractivity contribution >= 4 is 43.9 Å². The lowest BCUT2D eigenvalue weighted by Crippen LogP contribution is -2.60. The Balaban J connectivity index is 1.04. The maximum atomic E-state index is 10.7. The molecule has 4 aliphatic carbocycles. The zero-order valence-corrected chi connectivity index (χ0v) is 35.1. The third-order valence-electron chi connectivity index (χ3n) is 13.4. The van der Waals surface area contributed by atoms with E-state index in [1.54, 1.807) is 0 Å². The average Bonchev–Trinajstić information content (AvgIpc) is 3.67. The minimum Gasteiger partial charge on any atom is -0.480 e. The molecule has 9 rings (SSSR count). The quantitative estimate of drug-likeness (QED) is 0.0598. The van der Waals surface area contributed by atoms with Gasteiger partial charge in [0.15, 0.2) is 0 Å². The molecular weight excluding hydrogens is 719 g/mol. The molecular formula is C44H60N9O2S+. The largest absolute Gasteiger partial charge is 0.480 e. The predicted octanol–water partition coefficient (Wildman–Crippen LogP) is 8.85. The van der Waals surface area contributed by atoms with E-state index < -0.39 is 5.95 Å². The highest BCUT2D eigenvalue weighted by atomic mass is 32.1. The fourth-order valence-corrected chi connectivity index (χ4v) is 13.3. The van der Waals surface area contributed by atoms with E-state index in [2.05, 4.69) is 61.9 Å². The summed E-state index contributed by atoms with van der Waals surface area (Å²) in [4.78, 5) is 11.1. The normalized spacial score (nSPS) is 30.1. The number of fused-ring (bicyclic) bond motifs is 1. The van der Waals surface area contributed by atoms with Gasteiger partial charge in [0.25, 0.3) is 5.95 Å². The molecule has 11 nitrogen and oxygen atoms in total. The van der Waals surface area contributed by atoms with Crippen molar-refractivity contribution in [2.45, 2.75) is 98.4 Å². The highest BCUT2D eigenvalue weighted by Gasteiger charge is 2.65. The van der Waals surface area contributed by atoms with Gasteiger partial charge in [0.1, 0.15) is 23.2 Å². The lowest BCUT2D eigenvalue weighted by atomic mass is 9.35. The molecule has 6 N–H and O–H groups in total. The van der Waals surface area contributed by atoms with Crippen molar-refractivity contribution in [1.82, 2.24) is 25.0 Å². The molecule has 4 heterocycles. The Morgan fingerprint density at radius 2 is 1.75 bits per heavy atom. The van der Waals surface area contributed by atoms with Crippen LogP contribution in [0.4, 0.5) is 5.13 Å². The summed E-state index contributed by atoms with van der Waals surface area (Å²) in [7, 11) is 6.92. The minimum absolute atomic E-state index is 0.202. The third kappa shape index (κ3) is 7.19. The fraction of sp³-hybridized carbons (Fsp3) is 0.545. The van der Waals surface area contributed by atoms with Crippen LogP contribution < -0.4 is 11.1 Å². The number of quaternary nitrogens is 1. The summed E-state index contributed by atoms with van der Waals surface area (Å²) < 4.78 is 4.26. The molecule has 1 aromatic carbocycles. The van der Waals surface area contributed by atoms with Crippen LogP contribution in [0.3, 0.4) is 0 Å². The van der Waals surface area contributed by atoms with Crippen LogP contribution in [0.2, 0.25) is 0 Å². The summed E-state index contributed by atoms with van der Waals surface area (Å²) >= 11 is 1.48. The molecule has 298 valence electrons. The molecule has 1 saturated heterocycles. The van der Waals surface area contributed by atoms with E-state index in [0.29, 0.717) is 57.4 Å². The predicted molar refractivity (Wildman–Crippen MR) is 227 cm³/mol. The number of amidine groups is 2. The summed E-state index contributed by atoms with van der Waals surface area (Å²) in [5.74, 6) is 0.443. The number of likely N-dealkylation sites (tertiary alicyclic amines) is 1. The highest BCUT2D eigenvalue weighted by Crippen LogP contribution is 2.75. The first-order valence-electron chi connectivity index (χ1n) is 20.3. The van der Waals surface area contributed by atoms with Crippen LogP contribution >= 0.6 is 11.3 Å². The number of nitrogens with zero attached hydrogens (tertiary/aromatic N) is 6. The number of thiazole rings is 1. The van der Waals surface area contributed by atoms with Gasteiger partial charge in [-0.25, -0.2) is 9.98 Å². The standard InChI is InChI=1S/C44H59N9O2S/c1-28(37(45)50-40-48-33-13-8-9-14-34(33)56-40)30-12-10-18-51(38(30)46)35-16-15-31(36(49-35)39(54)55)32-20-47-52(29(32)2)27-44-24-41(3)21-42(4,25-44)23-43(22-41,26-44)17-11-19-53(5,6)7/h8-9,13-16,20H,10-12,17-19,21-27H2,1-7H3,(H5-,45,46,48,49,50,54,55)/p+1. The molecule has 2 aromatic heterocycles. The van der Waals surface area contributed by atoms with E-state index in [4.69, 9.17) is 10.8 Å². The van der Waals surface area contributed by atoms with Crippen LogP contribution in [-0.2, 0) is 6.54 Å². The summed E-state index contributed by atoms with van der Waals surface area (Å²) in [5.41, 5.74) is 13.0. The van der Waals surface area contributed by atoms with E-state index in [9.17, 15) is 15.6 Å². The molecule has 2 atom stereocenters. The van der Waals surface area contributed by atoms with Gasteiger partial charge in [-0.05, 0) is 130 Å². The monoisotopic (exact) mass is 778 g/mol. The Morgan fingerprint density at radius 3 is 2.45 bits per heavy atom. The molecule has 0 radical (unpaired) electrons. The lowest BCUT2D eigenvalue weighted by Gasteiger charge is -2.70. The zero-order chi connectivity index (χ0) is 39.8. The second-order valence-electron chi connectivity index (χ2n) is 19.7. The lowest BCUT2D eigenvalue weighted by molar-refractivity contribution is -0.870. The van der Waals surface area contributed by atoms with E-state index in [0.717, 1.165) is 50.1 Å². The number of aliphatic imine (C=N–C) groups is 1. The molecule has 4 saturated carbocycles. The third-order valence-corrected chi connectivity index (χ3v) is 14.3. The van der Waals surface area contributed by atoms with Crippen molar-refractivity contribution in [1.29, 1.82) is 5.41 Å². The molecule has 3 aromatic rings. The number of hydrogen-bond acceptors (Lipinski definition) is 8. The second-order valence-corrected chi connectivity index (χ2v) is 20.7. The second kappa shape index (κ2) is 13.6. The highest BCUT2D eigenvalue weighted by molar-refractivity contribution is 7.22. The number of rotatable bonds is 10. The first-order valence-corrected chi connectivity index (χ1v) is 21.1. The van der Waals surface area contributed by atoms with E-state index >= 15 is 0 Å². The number of nitrogens with one attached hydrogen (secondary N) is 2. The van der Waals surface area contributed by atoms with Gasteiger partial charge < -0.3 is 30.6 Å². The van der Waals surface area contributed by atoms with Crippen LogP contribution in [0.25, 0.3) is 15.8 Å². The minimum atomic E-state index is -0.797. The van der Waals surface area contributed by atoms with Crippen LogP contribution in [0, 0.1) is 34.0 Å². The molecule has 5 fully saturated rings. The van der Waals surface area contributed by atoms with Gasteiger partial charge in [-0.3, -0.25) is 10.1 Å². The average molecular weight is 779 g/mol. The maximum Gasteiger partial charge on any atom is 0.299 e. The van der Waals surface area contributed by atoms with Gasteiger partial charge in [-0.1, -0.05) is 37.3 Å². The molecule has 2 unspecified atom stereocenters. The number of hydrogen-bond donors (Lipinski definition) is 5. The van der Waals surface area contributed by atoms with E-state index in [1.807, 2.05) is 54.4 Å². The molecule has 2 aliphatic heterocycles. The molecule has 6 aliphatic rings. The summed E-state index contributed by atoms with van der Waals surface area (Å²) in [6.07, 6.45) is 17.6. The Kier molecular flexibility index (Phi) is 9.35. The maximum absolute atomic E-state index is 10.7. The number of piperidine rings is 1. The van der Waals surface area contributed by atoms with Crippen molar-refractivity contribution in [3.05, 3.63) is 82.5 Å². The van der Waals surface area contributed by atoms with E-state index in [1.165, 1.54) is 69.2 Å². The fourth-order valence-electron chi connectivity index (χ4n) is 12.4. The Bertz CT molecular complexity index is 2190. The Morgan fingerprint density at radius 1 is 1.04 bits per heavy atom. The molecule has 12 heteroatoms. The van der Waals surface area contributed by atoms with Crippen molar-refractivity contribution in [2.24, 2.45) is 32.4 Å². The Hall–Kier alpha value is -4.42. The first-order chi connectivity index (χ1) is 26.4. The van der Waals surface area contributed by atoms with Crippen LogP contribution in [-0.4, -0.2) is 80.3 Å². The van der Waals surface area contributed by atoms with Gasteiger partial charge in [-0.15, -0.1) is 0 Å². The number of allylic oxidation sites excluding steroid dienone is 3. The number of benzene rings is 1. The van der Waals surface area contributed by atoms with Gasteiger partial charge in [0.05, 0.1) is 44.1 Å². The summed E-state index contributed by atoms with van der Waals surface area (Å²) in [6.45, 7) is 11.8. The molecule has 56 heavy (non-hydrogen) atoms. The number of aliphatic hydroxyl groups is 2. The Labute approximate surface area is 335 Å². The molecule has 4 bridgehead atoms. The number of aromatic nitrogens is 3. The van der Waals surface area contributed by atoms with Crippen LogP contribution in [0.15, 0.2) is 76.2 Å². The van der Waals surface area contributed by atoms with Crippen molar-refractivity contribution in [3.63, 3.8) is 0 Å².